The molecule has 0 heterocycles. The highest BCUT2D eigenvalue weighted by atomic mass is 79.9. The molecule has 0 atom stereocenters. The predicted octanol–water partition coefficient (Wildman–Crippen LogP) is 4.87. The number of carbonyl (C=O) groups is 1. The summed E-state index contributed by atoms with van der Waals surface area (Å²) >= 11 is 6.18. The molecule has 20 heavy (non-hydrogen) atoms. The first-order valence-electron chi connectivity index (χ1n) is 5.62. The number of rotatable bonds is 3. The molecule has 2 aromatic rings. The molecule has 0 aliphatic rings. The van der Waals surface area contributed by atoms with E-state index in [-0.39, 0.29) is 10.2 Å². The van der Waals surface area contributed by atoms with Crippen LogP contribution in [0.4, 0.5) is 14.5 Å². The second kappa shape index (κ2) is 6.45. The number of benzene rings is 2. The predicted molar refractivity (Wildman–Crippen MR) is 81.1 cm³/mol. The molecule has 1 amide bonds. The minimum absolute atomic E-state index is 0.00896. The Morgan fingerprint density at radius 1 is 1.10 bits per heavy atom. The number of hydrogen-bond donors (Lipinski definition) is 1. The van der Waals surface area contributed by atoms with Gasteiger partial charge in [0.1, 0.15) is 11.6 Å². The lowest BCUT2D eigenvalue weighted by molar-refractivity contribution is 0.102. The number of nitrogens with one attached hydrogen (secondary N) is 1. The van der Waals surface area contributed by atoms with Gasteiger partial charge in [0.05, 0.1) is 10.2 Å². The maximum Gasteiger partial charge on any atom is 0.255 e. The van der Waals surface area contributed by atoms with Gasteiger partial charge >= 0.3 is 0 Å². The van der Waals surface area contributed by atoms with Crippen molar-refractivity contribution in [2.24, 2.45) is 0 Å². The molecule has 0 aliphatic heterocycles. The highest BCUT2D eigenvalue weighted by molar-refractivity contribution is 9.10. The topological polar surface area (TPSA) is 29.1 Å². The van der Waals surface area contributed by atoms with Crippen LogP contribution in [0.1, 0.15) is 15.9 Å². The molecule has 0 saturated carbocycles. The standard InChI is InChI=1S/C14H9Br2F2NO/c15-7-8-1-3-9(4-2-8)14(20)19-13-6-11(17)10(16)5-12(13)18/h1-6H,7H2,(H,19,20). The molecule has 0 unspecified atom stereocenters. The van der Waals surface area contributed by atoms with Gasteiger partial charge in [-0.25, -0.2) is 8.78 Å². The van der Waals surface area contributed by atoms with E-state index in [9.17, 15) is 13.6 Å². The fourth-order valence-corrected chi connectivity index (χ4v) is 2.25. The summed E-state index contributed by atoms with van der Waals surface area (Å²) in [5.41, 5.74) is 1.19. The summed E-state index contributed by atoms with van der Waals surface area (Å²) in [7, 11) is 0. The van der Waals surface area contributed by atoms with Gasteiger partial charge in [0.15, 0.2) is 0 Å². The monoisotopic (exact) mass is 403 g/mol. The lowest BCUT2D eigenvalue weighted by Crippen LogP contribution is -2.13. The molecule has 0 radical (unpaired) electrons. The van der Waals surface area contributed by atoms with Crippen LogP contribution in [0.5, 0.6) is 0 Å². The second-order valence-corrected chi connectivity index (χ2v) is 5.45. The zero-order chi connectivity index (χ0) is 14.7. The maximum atomic E-state index is 13.6. The highest BCUT2D eigenvalue weighted by Gasteiger charge is 2.12. The van der Waals surface area contributed by atoms with Crippen LogP contribution >= 0.6 is 31.9 Å². The van der Waals surface area contributed by atoms with E-state index in [1.807, 2.05) is 0 Å². The molecule has 0 fully saturated rings. The van der Waals surface area contributed by atoms with Crippen molar-refractivity contribution in [2.45, 2.75) is 5.33 Å². The van der Waals surface area contributed by atoms with Crippen molar-refractivity contribution >= 4 is 43.5 Å². The fraction of sp³-hybridized carbons (Fsp3) is 0.0714. The second-order valence-electron chi connectivity index (χ2n) is 4.03. The summed E-state index contributed by atoms with van der Waals surface area (Å²) in [5, 5.41) is 3.03. The molecule has 2 nitrogen and oxygen atoms in total. The summed E-state index contributed by atoms with van der Waals surface area (Å²) in [5.74, 6) is -1.84. The maximum absolute atomic E-state index is 13.6. The van der Waals surface area contributed by atoms with E-state index in [0.717, 1.165) is 17.7 Å². The SMILES string of the molecule is O=C(Nc1cc(F)c(Br)cc1F)c1ccc(CBr)cc1. The lowest BCUT2D eigenvalue weighted by atomic mass is 10.1. The molecule has 2 aromatic carbocycles. The van der Waals surface area contributed by atoms with Gasteiger partial charge in [0, 0.05) is 17.0 Å². The Bertz CT molecular complexity index is 644. The van der Waals surface area contributed by atoms with E-state index < -0.39 is 17.5 Å². The van der Waals surface area contributed by atoms with Gasteiger partial charge in [-0.1, -0.05) is 28.1 Å². The van der Waals surface area contributed by atoms with Gasteiger partial charge in [-0.15, -0.1) is 0 Å². The van der Waals surface area contributed by atoms with Gasteiger partial charge < -0.3 is 5.32 Å². The van der Waals surface area contributed by atoms with Crippen LogP contribution in [0.25, 0.3) is 0 Å². The molecule has 0 aromatic heterocycles. The highest BCUT2D eigenvalue weighted by Crippen LogP contribution is 2.23. The molecule has 104 valence electrons. The quantitative estimate of drug-likeness (QED) is 0.573. The average Bonchev–Trinajstić information content (AvgIpc) is 2.44. The zero-order valence-electron chi connectivity index (χ0n) is 10.1. The van der Waals surface area contributed by atoms with Crippen molar-refractivity contribution in [3.63, 3.8) is 0 Å². The van der Waals surface area contributed by atoms with Crippen LogP contribution in [0.2, 0.25) is 0 Å². The minimum atomic E-state index is -0.705. The summed E-state index contributed by atoms with van der Waals surface area (Å²) in [6.45, 7) is 0. The summed E-state index contributed by atoms with van der Waals surface area (Å²) < 4.78 is 27.0. The molecule has 0 saturated heterocycles. The molecule has 6 heteroatoms. The molecule has 0 aliphatic carbocycles. The van der Waals surface area contributed by atoms with Crippen molar-refractivity contribution < 1.29 is 13.6 Å². The Morgan fingerprint density at radius 2 is 1.75 bits per heavy atom. The van der Waals surface area contributed by atoms with E-state index in [1.165, 1.54) is 0 Å². The number of alkyl halides is 1. The fourth-order valence-electron chi connectivity index (χ4n) is 1.56. The molecule has 0 bridgehead atoms. The van der Waals surface area contributed by atoms with Gasteiger partial charge in [0.25, 0.3) is 5.91 Å². The van der Waals surface area contributed by atoms with Crippen LogP contribution in [-0.2, 0) is 5.33 Å². The van der Waals surface area contributed by atoms with Gasteiger partial charge in [-0.05, 0) is 39.7 Å². The first kappa shape index (κ1) is 15.1. The van der Waals surface area contributed by atoms with E-state index in [2.05, 4.69) is 37.2 Å². The number of halogens is 4. The number of anilines is 1. The van der Waals surface area contributed by atoms with Crippen molar-refractivity contribution in [1.82, 2.24) is 0 Å². The summed E-state index contributed by atoms with van der Waals surface area (Å²) in [4.78, 5) is 11.9. The van der Waals surface area contributed by atoms with E-state index in [4.69, 9.17) is 0 Å². The largest absolute Gasteiger partial charge is 0.319 e. The van der Waals surface area contributed by atoms with E-state index in [0.29, 0.717) is 10.9 Å². The van der Waals surface area contributed by atoms with Crippen LogP contribution in [0.15, 0.2) is 40.9 Å². The van der Waals surface area contributed by atoms with Crippen LogP contribution in [-0.4, -0.2) is 5.91 Å². The average molecular weight is 405 g/mol. The molecular formula is C14H9Br2F2NO. The first-order chi connectivity index (χ1) is 9.51. The number of carbonyl (C=O) groups excluding carboxylic acids is 1. The third-order valence-electron chi connectivity index (χ3n) is 2.63. The minimum Gasteiger partial charge on any atom is -0.319 e. The first-order valence-corrected chi connectivity index (χ1v) is 7.53. The normalized spacial score (nSPS) is 10.4. The molecule has 0 spiro atoms. The van der Waals surface area contributed by atoms with Crippen LogP contribution < -0.4 is 5.32 Å². The summed E-state index contributed by atoms with van der Waals surface area (Å²) in [6, 6.07) is 8.71. The Morgan fingerprint density at radius 3 is 2.35 bits per heavy atom. The van der Waals surface area contributed by atoms with Gasteiger partial charge in [-0.3, -0.25) is 4.79 Å². The van der Waals surface area contributed by atoms with Crippen molar-refractivity contribution in [2.75, 3.05) is 5.32 Å². The zero-order valence-corrected chi connectivity index (χ0v) is 13.3. The lowest BCUT2D eigenvalue weighted by Gasteiger charge is -2.08. The van der Waals surface area contributed by atoms with Gasteiger partial charge in [-0.2, -0.15) is 0 Å². The Labute approximate surface area is 131 Å². The smallest absolute Gasteiger partial charge is 0.255 e. The van der Waals surface area contributed by atoms with Crippen molar-refractivity contribution in [3.05, 3.63) is 63.6 Å². The molecule has 2 rings (SSSR count). The van der Waals surface area contributed by atoms with Crippen LogP contribution in [0.3, 0.4) is 0 Å². The van der Waals surface area contributed by atoms with Crippen LogP contribution in [0, 0.1) is 11.6 Å². The third kappa shape index (κ3) is 3.43. The van der Waals surface area contributed by atoms with E-state index in [1.54, 1.807) is 24.3 Å². The Kier molecular flexibility index (Phi) is 4.88. The Hall–Kier alpha value is -1.27. The molecule has 1 N–H and O–H groups in total. The Balaban J connectivity index is 2.20. The van der Waals surface area contributed by atoms with Gasteiger partial charge in [0.2, 0.25) is 0 Å². The summed E-state index contributed by atoms with van der Waals surface area (Å²) in [6.07, 6.45) is 0. The number of amides is 1. The van der Waals surface area contributed by atoms with Crippen molar-refractivity contribution in [3.8, 4) is 0 Å². The van der Waals surface area contributed by atoms with Crippen molar-refractivity contribution in [1.29, 1.82) is 0 Å². The number of hydrogen-bond acceptors (Lipinski definition) is 1. The third-order valence-corrected chi connectivity index (χ3v) is 3.88. The van der Waals surface area contributed by atoms with E-state index >= 15 is 0 Å². The molecular weight excluding hydrogens is 396 g/mol.